The molecule has 1 saturated heterocycles. The lowest BCUT2D eigenvalue weighted by Gasteiger charge is -2.26. The van der Waals surface area contributed by atoms with Crippen LogP contribution in [0.1, 0.15) is 44.4 Å². The Morgan fingerprint density at radius 1 is 1.22 bits per heavy atom. The van der Waals surface area contributed by atoms with Crippen LogP contribution < -0.4 is 10.6 Å². The highest BCUT2D eigenvalue weighted by Crippen LogP contribution is 2.25. The fraction of sp³-hybridized carbons (Fsp3) is 0.435. The smallest absolute Gasteiger partial charge is 0.243 e. The minimum absolute atomic E-state index is 0.0304. The van der Waals surface area contributed by atoms with Gasteiger partial charge in [-0.1, -0.05) is 26.0 Å². The lowest BCUT2D eigenvalue weighted by Crippen LogP contribution is -2.50. The molecule has 1 aliphatic heterocycles. The van der Waals surface area contributed by atoms with E-state index in [2.05, 4.69) is 10.6 Å². The molecule has 32 heavy (non-hydrogen) atoms. The van der Waals surface area contributed by atoms with E-state index in [0.29, 0.717) is 12.2 Å². The first-order valence-corrected chi connectivity index (χ1v) is 10.6. The number of carbonyl (C=O) groups is 3. The van der Waals surface area contributed by atoms with Crippen molar-refractivity contribution in [3.05, 3.63) is 59.6 Å². The van der Waals surface area contributed by atoms with Crippen molar-refractivity contribution in [3.8, 4) is 0 Å². The second-order valence-corrected chi connectivity index (χ2v) is 8.22. The Bertz CT molecular complexity index is 962. The SMILES string of the molecule is CC(C)C(NC(=O)C[C@@H]1CCC(=O)N1Cc1cccc(F)c1F)C(=O)NCc1ccco1. The highest BCUT2D eigenvalue weighted by Gasteiger charge is 2.34. The van der Waals surface area contributed by atoms with Gasteiger partial charge in [0.2, 0.25) is 17.7 Å². The number of rotatable bonds is 9. The van der Waals surface area contributed by atoms with Crippen molar-refractivity contribution in [1.29, 1.82) is 0 Å². The molecule has 2 heterocycles. The van der Waals surface area contributed by atoms with Gasteiger partial charge >= 0.3 is 0 Å². The van der Waals surface area contributed by atoms with Crippen LogP contribution in [0.25, 0.3) is 0 Å². The number of halogens is 2. The summed E-state index contributed by atoms with van der Waals surface area (Å²) in [6.45, 7) is 3.72. The largest absolute Gasteiger partial charge is 0.467 e. The van der Waals surface area contributed by atoms with Crippen LogP contribution in [0.2, 0.25) is 0 Å². The number of likely N-dealkylation sites (tertiary alicyclic amines) is 1. The maximum absolute atomic E-state index is 14.1. The summed E-state index contributed by atoms with van der Waals surface area (Å²) in [6, 6.07) is 6.04. The third kappa shape index (κ3) is 5.72. The first-order chi connectivity index (χ1) is 15.3. The summed E-state index contributed by atoms with van der Waals surface area (Å²) in [7, 11) is 0. The average molecular weight is 447 g/mol. The van der Waals surface area contributed by atoms with E-state index in [0.717, 1.165) is 6.07 Å². The molecule has 2 aromatic rings. The highest BCUT2D eigenvalue weighted by atomic mass is 19.2. The number of benzene rings is 1. The van der Waals surface area contributed by atoms with Gasteiger partial charge in [0.15, 0.2) is 11.6 Å². The molecule has 2 atom stereocenters. The van der Waals surface area contributed by atoms with Crippen molar-refractivity contribution in [3.63, 3.8) is 0 Å². The molecule has 1 unspecified atom stereocenters. The van der Waals surface area contributed by atoms with Gasteiger partial charge < -0.3 is 20.0 Å². The van der Waals surface area contributed by atoms with Crippen molar-refractivity contribution in [2.75, 3.05) is 0 Å². The first kappa shape index (κ1) is 23.4. The molecule has 1 aromatic heterocycles. The van der Waals surface area contributed by atoms with E-state index in [1.165, 1.54) is 23.3 Å². The van der Waals surface area contributed by atoms with E-state index in [-0.39, 0.29) is 55.1 Å². The van der Waals surface area contributed by atoms with E-state index < -0.39 is 23.7 Å². The number of hydrogen-bond donors (Lipinski definition) is 2. The molecule has 1 aliphatic rings. The van der Waals surface area contributed by atoms with Crippen LogP contribution in [0.15, 0.2) is 41.0 Å². The molecule has 3 rings (SSSR count). The average Bonchev–Trinajstić information content (AvgIpc) is 3.38. The fourth-order valence-corrected chi connectivity index (χ4v) is 3.76. The Kier molecular flexibility index (Phi) is 7.61. The summed E-state index contributed by atoms with van der Waals surface area (Å²) in [5, 5.41) is 5.48. The standard InChI is InChI=1S/C23H27F2N3O4/c1-14(2)22(23(31)26-12-17-6-4-10-32-17)27-19(29)11-16-8-9-20(30)28(16)13-15-5-3-7-18(24)21(15)25/h3-7,10,14,16,22H,8-9,11-13H2,1-2H3,(H,26,31)(H,27,29)/t16-,22?/m0/s1. The number of carbonyl (C=O) groups excluding carboxylic acids is 3. The molecular weight excluding hydrogens is 420 g/mol. The lowest BCUT2D eigenvalue weighted by molar-refractivity contribution is -0.132. The third-order valence-electron chi connectivity index (χ3n) is 5.53. The van der Waals surface area contributed by atoms with Crippen molar-refractivity contribution >= 4 is 17.7 Å². The van der Waals surface area contributed by atoms with E-state index in [1.54, 1.807) is 12.1 Å². The normalized spacial score (nSPS) is 17.0. The molecular formula is C23H27F2N3O4. The molecule has 1 fully saturated rings. The summed E-state index contributed by atoms with van der Waals surface area (Å²) in [5.41, 5.74) is 0.0584. The van der Waals surface area contributed by atoms with Crippen molar-refractivity contribution in [1.82, 2.24) is 15.5 Å². The minimum atomic E-state index is -0.997. The number of nitrogens with zero attached hydrogens (tertiary/aromatic N) is 1. The Morgan fingerprint density at radius 3 is 2.69 bits per heavy atom. The predicted octanol–water partition coefficient (Wildman–Crippen LogP) is 2.90. The zero-order valence-electron chi connectivity index (χ0n) is 18.1. The zero-order chi connectivity index (χ0) is 23.3. The quantitative estimate of drug-likeness (QED) is 0.618. The van der Waals surface area contributed by atoms with Crippen molar-refractivity contribution in [2.45, 2.75) is 58.3 Å². The monoisotopic (exact) mass is 447 g/mol. The second-order valence-electron chi connectivity index (χ2n) is 8.22. The van der Waals surface area contributed by atoms with Gasteiger partial charge in [-0.3, -0.25) is 14.4 Å². The molecule has 3 amide bonds. The highest BCUT2D eigenvalue weighted by molar-refractivity contribution is 5.88. The molecule has 0 spiro atoms. The summed E-state index contributed by atoms with van der Waals surface area (Å²) < 4.78 is 32.8. The Balaban J connectivity index is 1.60. The van der Waals surface area contributed by atoms with Crippen LogP contribution in [0.5, 0.6) is 0 Å². The van der Waals surface area contributed by atoms with Crippen molar-refractivity contribution in [2.24, 2.45) is 5.92 Å². The molecule has 1 aromatic carbocycles. The summed E-state index contributed by atoms with van der Waals surface area (Å²) in [4.78, 5) is 39.0. The van der Waals surface area contributed by atoms with Crippen LogP contribution in [0.4, 0.5) is 8.78 Å². The van der Waals surface area contributed by atoms with E-state index in [9.17, 15) is 23.2 Å². The third-order valence-corrected chi connectivity index (χ3v) is 5.53. The number of amides is 3. The summed E-state index contributed by atoms with van der Waals surface area (Å²) in [6.07, 6.45) is 2.14. The Morgan fingerprint density at radius 2 is 2.00 bits per heavy atom. The van der Waals surface area contributed by atoms with Gasteiger partial charge in [-0.15, -0.1) is 0 Å². The van der Waals surface area contributed by atoms with Crippen LogP contribution in [-0.2, 0) is 27.5 Å². The van der Waals surface area contributed by atoms with E-state index in [1.807, 2.05) is 13.8 Å². The van der Waals surface area contributed by atoms with Gasteiger partial charge in [0.25, 0.3) is 0 Å². The topological polar surface area (TPSA) is 91.7 Å². The second kappa shape index (κ2) is 10.4. The molecule has 7 nitrogen and oxygen atoms in total. The molecule has 0 saturated carbocycles. The molecule has 0 bridgehead atoms. The van der Waals surface area contributed by atoms with E-state index >= 15 is 0 Å². The minimum Gasteiger partial charge on any atom is -0.467 e. The van der Waals surface area contributed by atoms with Crippen LogP contribution in [-0.4, -0.2) is 34.7 Å². The number of nitrogens with one attached hydrogen (secondary N) is 2. The van der Waals surface area contributed by atoms with Gasteiger partial charge in [0, 0.05) is 31.0 Å². The maximum Gasteiger partial charge on any atom is 0.243 e. The molecule has 172 valence electrons. The van der Waals surface area contributed by atoms with Gasteiger partial charge in [-0.05, 0) is 30.5 Å². The van der Waals surface area contributed by atoms with E-state index in [4.69, 9.17) is 4.42 Å². The molecule has 2 N–H and O–H groups in total. The zero-order valence-corrected chi connectivity index (χ0v) is 18.1. The Hall–Kier alpha value is -3.23. The van der Waals surface area contributed by atoms with Crippen LogP contribution >= 0.6 is 0 Å². The molecule has 0 aliphatic carbocycles. The molecule has 0 radical (unpaired) electrons. The van der Waals surface area contributed by atoms with Gasteiger partial charge in [-0.2, -0.15) is 0 Å². The lowest BCUT2D eigenvalue weighted by atomic mass is 10.0. The predicted molar refractivity (Wildman–Crippen MR) is 112 cm³/mol. The fourth-order valence-electron chi connectivity index (χ4n) is 3.76. The van der Waals surface area contributed by atoms with Gasteiger partial charge in [0.05, 0.1) is 12.8 Å². The maximum atomic E-state index is 14.1. The van der Waals surface area contributed by atoms with Crippen molar-refractivity contribution < 1.29 is 27.6 Å². The summed E-state index contributed by atoms with van der Waals surface area (Å²) >= 11 is 0. The number of furan rings is 1. The van der Waals surface area contributed by atoms with Gasteiger partial charge in [-0.25, -0.2) is 8.78 Å². The first-order valence-electron chi connectivity index (χ1n) is 10.6. The van der Waals surface area contributed by atoms with Crippen LogP contribution in [0, 0.1) is 17.6 Å². The number of hydrogen-bond acceptors (Lipinski definition) is 4. The molecule has 9 heteroatoms. The Labute approximate surface area is 185 Å². The van der Waals surface area contributed by atoms with Crippen LogP contribution in [0.3, 0.4) is 0 Å². The summed E-state index contributed by atoms with van der Waals surface area (Å²) in [5.74, 6) is -2.50. The van der Waals surface area contributed by atoms with Gasteiger partial charge in [0.1, 0.15) is 11.8 Å².